The van der Waals surface area contributed by atoms with Crippen molar-refractivity contribution in [3.05, 3.63) is 66.4 Å². The molecular formula is C21H21F2N3O. The molecule has 4 rings (SSSR count). The van der Waals surface area contributed by atoms with E-state index in [2.05, 4.69) is 14.8 Å². The molecule has 4 nitrogen and oxygen atoms in total. The Bertz CT molecular complexity index is 912. The molecule has 1 aliphatic heterocycles. The molecule has 0 unspecified atom stereocenters. The van der Waals surface area contributed by atoms with Gasteiger partial charge in [0.25, 0.3) is 0 Å². The molecule has 1 aliphatic rings. The Morgan fingerprint density at radius 2 is 1.63 bits per heavy atom. The number of para-hydroxylation sites is 1. The van der Waals surface area contributed by atoms with E-state index in [1.54, 1.807) is 12.3 Å². The predicted molar refractivity (Wildman–Crippen MR) is 102 cm³/mol. The highest BCUT2D eigenvalue weighted by Crippen LogP contribution is 2.30. The van der Waals surface area contributed by atoms with E-state index in [-0.39, 0.29) is 10.9 Å². The Balaban J connectivity index is 1.38. The van der Waals surface area contributed by atoms with E-state index in [4.69, 9.17) is 4.74 Å². The number of hydrogen-bond donors (Lipinski definition) is 0. The van der Waals surface area contributed by atoms with Gasteiger partial charge in [0.05, 0.1) is 11.1 Å². The normalized spacial score (nSPS) is 15.3. The molecule has 1 aromatic heterocycles. The minimum absolute atomic E-state index is 0.0891. The van der Waals surface area contributed by atoms with Crippen LogP contribution in [0, 0.1) is 11.6 Å². The number of piperazine rings is 1. The smallest absolute Gasteiger partial charge is 0.149 e. The van der Waals surface area contributed by atoms with Gasteiger partial charge in [0.1, 0.15) is 29.5 Å². The van der Waals surface area contributed by atoms with Crippen LogP contribution in [0.4, 0.5) is 14.5 Å². The van der Waals surface area contributed by atoms with E-state index >= 15 is 0 Å². The molecule has 1 saturated heterocycles. The molecule has 6 heteroatoms. The average molecular weight is 369 g/mol. The molecular weight excluding hydrogens is 348 g/mol. The van der Waals surface area contributed by atoms with Crippen LogP contribution >= 0.6 is 0 Å². The van der Waals surface area contributed by atoms with Crippen molar-refractivity contribution in [3.8, 4) is 5.75 Å². The first-order valence-corrected chi connectivity index (χ1v) is 9.10. The lowest BCUT2D eigenvalue weighted by Crippen LogP contribution is -2.47. The summed E-state index contributed by atoms with van der Waals surface area (Å²) in [6.07, 6.45) is 1.54. The Morgan fingerprint density at radius 3 is 2.41 bits per heavy atom. The lowest BCUT2D eigenvalue weighted by molar-refractivity contribution is 0.200. The molecule has 140 valence electrons. The summed E-state index contributed by atoms with van der Waals surface area (Å²) in [5.74, 6) is -0.0602. The van der Waals surface area contributed by atoms with E-state index in [0.717, 1.165) is 44.5 Å². The maximum absolute atomic E-state index is 14.3. The highest BCUT2D eigenvalue weighted by atomic mass is 19.1. The van der Waals surface area contributed by atoms with Crippen LogP contribution < -0.4 is 9.64 Å². The zero-order valence-electron chi connectivity index (χ0n) is 14.9. The summed E-state index contributed by atoms with van der Waals surface area (Å²) in [4.78, 5) is 8.43. The summed E-state index contributed by atoms with van der Waals surface area (Å²) < 4.78 is 34.1. The molecule has 0 radical (unpaired) electrons. The monoisotopic (exact) mass is 369 g/mol. The van der Waals surface area contributed by atoms with Gasteiger partial charge in [0.2, 0.25) is 0 Å². The zero-order valence-corrected chi connectivity index (χ0v) is 14.9. The van der Waals surface area contributed by atoms with Gasteiger partial charge in [-0.2, -0.15) is 0 Å². The number of anilines is 1. The topological polar surface area (TPSA) is 28.6 Å². The van der Waals surface area contributed by atoms with Crippen molar-refractivity contribution >= 4 is 16.6 Å². The average Bonchev–Trinajstić information content (AvgIpc) is 2.72. The second-order valence-corrected chi connectivity index (χ2v) is 6.57. The largest absolute Gasteiger partial charge is 0.492 e. The van der Waals surface area contributed by atoms with Crippen molar-refractivity contribution in [2.75, 3.05) is 44.2 Å². The Morgan fingerprint density at radius 1 is 0.889 bits per heavy atom. The molecule has 0 N–H and O–H groups in total. The van der Waals surface area contributed by atoms with Crippen molar-refractivity contribution in [3.63, 3.8) is 0 Å². The van der Waals surface area contributed by atoms with E-state index < -0.39 is 11.6 Å². The zero-order chi connectivity index (χ0) is 18.6. The number of benzene rings is 2. The Hall–Kier alpha value is -2.73. The number of fused-ring (bicyclic) bond motifs is 1. The molecule has 1 fully saturated rings. The minimum Gasteiger partial charge on any atom is -0.492 e. The van der Waals surface area contributed by atoms with E-state index in [9.17, 15) is 8.78 Å². The molecule has 27 heavy (non-hydrogen) atoms. The molecule has 3 aromatic rings. The summed E-state index contributed by atoms with van der Waals surface area (Å²) in [6.45, 7) is 4.66. The lowest BCUT2D eigenvalue weighted by Gasteiger charge is -2.36. The van der Waals surface area contributed by atoms with Gasteiger partial charge in [0.15, 0.2) is 0 Å². The number of ether oxygens (including phenoxy) is 1. The SMILES string of the molecule is Fc1ccc(F)c2c(N3CCN(CCOc4ccccc4)CC3)ccnc12. The van der Waals surface area contributed by atoms with E-state index in [1.807, 2.05) is 30.3 Å². The van der Waals surface area contributed by atoms with Crippen LogP contribution in [-0.4, -0.2) is 49.2 Å². The summed E-state index contributed by atoms with van der Waals surface area (Å²) >= 11 is 0. The van der Waals surface area contributed by atoms with Gasteiger partial charge in [-0.25, -0.2) is 8.78 Å². The van der Waals surface area contributed by atoms with Crippen molar-refractivity contribution in [2.24, 2.45) is 0 Å². The number of pyridine rings is 1. The fourth-order valence-electron chi connectivity index (χ4n) is 3.46. The summed E-state index contributed by atoms with van der Waals surface area (Å²) in [5.41, 5.74) is 0.795. The van der Waals surface area contributed by atoms with Crippen LogP contribution in [0.3, 0.4) is 0 Å². The molecule has 0 aliphatic carbocycles. The van der Waals surface area contributed by atoms with Crippen molar-refractivity contribution in [1.29, 1.82) is 0 Å². The van der Waals surface area contributed by atoms with E-state index in [1.165, 1.54) is 6.07 Å². The van der Waals surface area contributed by atoms with Crippen LogP contribution in [0.2, 0.25) is 0 Å². The number of nitrogens with zero attached hydrogens (tertiary/aromatic N) is 3. The molecule has 0 amide bonds. The standard InChI is InChI=1S/C21H21F2N3O/c22-17-6-7-18(23)21-20(17)19(8-9-24-21)26-12-10-25(11-13-26)14-15-27-16-4-2-1-3-5-16/h1-9H,10-15H2. The Labute approximate surface area is 157 Å². The fourth-order valence-corrected chi connectivity index (χ4v) is 3.46. The number of hydrogen-bond acceptors (Lipinski definition) is 4. The van der Waals surface area contributed by atoms with Gasteiger partial charge >= 0.3 is 0 Å². The first kappa shape index (κ1) is 17.7. The maximum atomic E-state index is 14.3. The molecule has 2 heterocycles. The minimum atomic E-state index is -0.495. The second kappa shape index (κ2) is 7.88. The van der Waals surface area contributed by atoms with E-state index in [0.29, 0.717) is 12.3 Å². The van der Waals surface area contributed by atoms with Crippen LogP contribution in [-0.2, 0) is 0 Å². The highest BCUT2D eigenvalue weighted by Gasteiger charge is 2.21. The summed E-state index contributed by atoms with van der Waals surface area (Å²) in [5, 5.41) is 0.262. The van der Waals surface area contributed by atoms with Crippen LogP contribution in [0.25, 0.3) is 10.9 Å². The van der Waals surface area contributed by atoms with Gasteiger partial charge < -0.3 is 9.64 Å². The van der Waals surface area contributed by atoms with Crippen molar-refractivity contribution < 1.29 is 13.5 Å². The van der Waals surface area contributed by atoms with Crippen molar-refractivity contribution in [1.82, 2.24) is 9.88 Å². The molecule has 0 bridgehead atoms. The van der Waals surface area contributed by atoms with Crippen LogP contribution in [0.1, 0.15) is 0 Å². The lowest BCUT2D eigenvalue weighted by atomic mass is 10.1. The quantitative estimate of drug-likeness (QED) is 0.686. The number of rotatable bonds is 5. The number of aromatic nitrogens is 1. The van der Waals surface area contributed by atoms with Gasteiger partial charge in [-0.3, -0.25) is 9.88 Å². The first-order chi connectivity index (χ1) is 13.2. The maximum Gasteiger partial charge on any atom is 0.149 e. The van der Waals surface area contributed by atoms with Crippen LogP contribution in [0.15, 0.2) is 54.7 Å². The molecule has 0 spiro atoms. The molecule has 0 atom stereocenters. The van der Waals surface area contributed by atoms with Gasteiger partial charge in [0, 0.05) is 38.9 Å². The van der Waals surface area contributed by atoms with Crippen LogP contribution in [0.5, 0.6) is 5.75 Å². The molecule has 0 saturated carbocycles. The predicted octanol–water partition coefficient (Wildman–Crippen LogP) is 3.71. The second-order valence-electron chi connectivity index (χ2n) is 6.57. The first-order valence-electron chi connectivity index (χ1n) is 9.10. The fraction of sp³-hybridized carbons (Fsp3) is 0.286. The van der Waals surface area contributed by atoms with Gasteiger partial charge in [-0.1, -0.05) is 18.2 Å². The Kier molecular flexibility index (Phi) is 5.16. The number of halogens is 2. The summed E-state index contributed by atoms with van der Waals surface area (Å²) in [7, 11) is 0. The third-order valence-electron chi connectivity index (χ3n) is 4.90. The third-order valence-corrected chi connectivity index (χ3v) is 4.90. The van der Waals surface area contributed by atoms with Gasteiger partial charge in [-0.15, -0.1) is 0 Å². The summed E-state index contributed by atoms with van der Waals surface area (Å²) in [6, 6.07) is 13.8. The van der Waals surface area contributed by atoms with Gasteiger partial charge in [-0.05, 0) is 30.3 Å². The third kappa shape index (κ3) is 3.85. The highest BCUT2D eigenvalue weighted by molar-refractivity contribution is 5.92. The molecule has 2 aromatic carbocycles. The van der Waals surface area contributed by atoms with Crippen molar-refractivity contribution in [2.45, 2.75) is 0 Å².